The van der Waals surface area contributed by atoms with Crippen LogP contribution in [0.1, 0.15) is 6.42 Å². The van der Waals surface area contributed by atoms with E-state index in [0.717, 1.165) is 0 Å². The van der Waals surface area contributed by atoms with Crippen LogP contribution >= 0.6 is 11.8 Å². The number of carbonyl (C=O) groups excluding carboxylic acids is 1. The maximum atomic E-state index is 11.0. The molecular weight excluding hydrogens is 182 g/mol. The normalized spacial score (nSPS) is 12.2. The molecule has 0 aromatic carbocycles. The van der Waals surface area contributed by atoms with Crippen LogP contribution in [0.5, 0.6) is 0 Å². The Balaban J connectivity index is 3.76. The summed E-state index contributed by atoms with van der Waals surface area (Å²) < 4.78 is 4.68. The van der Waals surface area contributed by atoms with Crippen LogP contribution in [0.2, 0.25) is 0 Å². The van der Waals surface area contributed by atoms with Gasteiger partial charge in [0.2, 0.25) is 0 Å². The number of rotatable bonds is 6. The van der Waals surface area contributed by atoms with Crippen molar-refractivity contribution >= 4 is 17.7 Å². The van der Waals surface area contributed by atoms with Gasteiger partial charge in [-0.05, 0) is 18.2 Å². The molecule has 70 valence electrons. The Morgan fingerprint density at radius 3 is 2.92 bits per heavy atom. The number of hydrogen-bond acceptors (Lipinski definition) is 4. The van der Waals surface area contributed by atoms with Crippen molar-refractivity contribution in [2.45, 2.75) is 12.5 Å². The van der Waals surface area contributed by atoms with Crippen LogP contribution in [-0.2, 0) is 9.53 Å². The van der Waals surface area contributed by atoms with Crippen LogP contribution in [0.15, 0.2) is 12.7 Å². The van der Waals surface area contributed by atoms with Gasteiger partial charge in [-0.2, -0.15) is 0 Å². The third-order valence-electron chi connectivity index (χ3n) is 1.18. The molecule has 4 nitrogen and oxygen atoms in total. The first-order valence-electron chi connectivity index (χ1n) is 3.50. The largest absolute Gasteiger partial charge is 0.460 e. The van der Waals surface area contributed by atoms with Crippen molar-refractivity contribution in [2.24, 2.45) is 0 Å². The molecule has 0 saturated carbocycles. The zero-order valence-corrected chi connectivity index (χ0v) is 7.38. The molecule has 0 spiro atoms. The van der Waals surface area contributed by atoms with Crippen LogP contribution in [-0.4, -0.2) is 30.3 Å². The number of hydrogen-bond donors (Lipinski definition) is 2. The lowest BCUT2D eigenvalue weighted by molar-refractivity contribution is -0.144. The maximum Gasteiger partial charge on any atom is 0.324 e. The monoisotopic (exact) mass is 193 g/mol. The van der Waals surface area contributed by atoms with Crippen molar-refractivity contribution in [2.75, 3.05) is 13.2 Å². The molecule has 5 heteroatoms. The van der Waals surface area contributed by atoms with E-state index in [0.29, 0.717) is 0 Å². The molecular formula is C7H12ClNO3. The highest BCUT2D eigenvalue weighted by atomic mass is 35.5. The molecule has 0 aliphatic rings. The molecule has 12 heavy (non-hydrogen) atoms. The molecule has 0 amide bonds. The van der Waals surface area contributed by atoms with E-state index in [1.165, 1.54) is 6.08 Å². The summed E-state index contributed by atoms with van der Waals surface area (Å²) in [4.78, 5) is 13.2. The second kappa shape index (κ2) is 7.09. The van der Waals surface area contributed by atoms with Crippen molar-refractivity contribution in [3.63, 3.8) is 0 Å². The molecule has 0 radical (unpaired) electrons. The van der Waals surface area contributed by atoms with E-state index in [-0.39, 0.29) is 19.6 Å². The Morgan fingerprint density at radius 2 is 2.50 bits per heavy atom. The predicted molar refractivity (Wildman–Crippen MR) is 45.6 cm³/mol. The lowest BCUT2D eigenvalue weighted by Crippen LogP contribution is -2.33. The van der Waals surface area contributed by atoms with Gasteiger partial charge in [0.1, 0.15) is 12.6 Å². The van der Waals surface area contributed by atoms with E-state index in [1.54, 1.807) is 0 Å². The number of nitrogens with one attached hydrogen (secondary N) is 1. The summed E-state index contributed by atoms with van der Waals surface area (Å²) in [6, 6.07) is -0.656. The Bertz CT molecular complexity index is 152. The van der Waals surface area contributed by atoms with E-state index in [9.17, 15) is 4.79 Å². The van der Waals surface area contributed by atoms with Crippen molar-refractivity contribution in [3.8, 4) is 0 Å². The molecule has 0 bridgehead atoms. The summed E-state index contributed by atoms with van der Waals surface area (Å²) in [5.74, 6) is -0.487. The fraction of sp³-hybridized carbons (Fsp3) is 0.571. The van der Waals surface area contributed by atoms with E-state index >= 15 is 0 Å². The van der Waals surface area contributed by atoms with Crippen molar-refractivity contribution in [1.29, 1.82) is 0 Å². The number of halogens is 1. The molecule has 2 N–H and O–H groups in total. The molecule has 0 rings (SSSR count). The summed E-state index contributed by atoms with van der Waals surface area (Å²) in [5.41, 5.74) is 0. The predicted octanol–water partition coefficient (Wildman–Crippen LogP) is 0.210. The van der Waals surface area contributed by atoms with Gasteiger partial charge in [-0.3, -0.25) is 4.79 Å². The summed E-state index contributed by atoms with van der Waals surface area (Å²) in [6.07, 6.45) is 1.70. The molecule has 0 fully saturated rings. The highest BCUT2D eigenvalue weighted by Gasteiger charge is 2.17. The first-order chi connectivity index (χ1) is 5.76. The number of esters is 1. The van der Waals surface area contributed by atoms with E-state index in [2.05, 4.69) is 16.2 Å². The zero-order valence-electron chi connectivity index (χ0n) is 6.62. The van der Waals surface area contributed by atoms with Crippen LogP contribution in [0.25, 0.3) is 0 Å². The standard InChI is InChI=1S/C7H12ClNO3/c1-2-5-12-7(11)6(9-8)3-4-10/h2,6,9-10H,1,3-5H2. The Kier molecular flexibility index (Phi) is 6.75. The third kappa shape index (κ3) is 4.33. The summed E-state index contributed by atoms with van der Waals surface area (Å²) in [5, 5.41) is 8.52. The van der Waals surface area contributed by atoms with Crippen molar-refractivity contribution in [1.82, 2.24) is 4.84 Å². The number of aliphatic hydroxyl groups excluding tert-OH is 1. The first kappa shape index (κ1) is 11.4. The molecule has 0 aliphatic heterocycles. The SMILES string of the molecule is C=CCOC(=O)C(CCO)NCl. The third-order valence-corrected chi connectivity index (χ3v) is 1.44. The lowest BCUT2D eigenvalue weighted by atomic mass is 10.2. The average molecular weight is 194 g/mol. The van der Waals surface area contributed by atoms with Gasteiger partial charge in [-0.1, -0.05) is 12.7 Å². The van der Waals surface area contributed by atoms with Gasteiger partial charge in [0, 0.05) is 6.61 Å². The van der Waals surface area contributed by atoms with Crippen LogP contribution in [0.4, 0.5) is 0 Å². The van der Waals surface area contributed by atoms with E-state index in [1.807, 2.05) is 0 Å². The van der Waals surface area contributed by atoms with Crippen LogP contribution in [0.3, 0.4) is 0 Å². The van der Waals surface area contributed by atoms with Crippen molar-refractivity contribution in [3.05, 3.63) is 12.7 Å². The second-order valence-electron chi connectivity index (χ2n) is 2.09. The van der Waals surface area contributed by atoms with Gasteiger partial charge < -0.3 is 9.84 Å². The zero-order chi connectivity index (χ0) is 9.40. The second-order valence-corrected chi connectivity index (χ2v) is 2.31. The minimum absolute atomic E-state index is 0.117. The smallest absolute Gasteiger partial charge is 0.324 e. The molecule has 1 unspecified atom stereocenters. The maximum absolute atomic E-state index is 11.0. The van der Waals surface area contributed by atoms with Crippen LogP contribution < -0.4 is 4.84 Å². The number of carbonyl (C=O) groups is 1. The molecule has 0 aliphatic carbocycles. The topological polar surface area (TPSA) is 58.6 Å². The Morgan fingerprint density at radius 1 is 1.83 bits per heavy atom. The fourth-order valence-electron chi connectivity index (χ4n) is 0.588. The van der Waals surface area contributed by atoms with Crippen LogP contribution in [0, 0.1) is 0 Å². The highest BCUT2D eigenvalue weighted by molar-refractivity contribution is 6.14. The van der Waals surface area contributed by atoms with Gasteiger partial charge in [0.25, 0.3) is 0 Å². The first-order valence-corrected chi connectivity index (χ1v) is 3.88. The lowest BCUT2D eigenvalue weighted by Gasteiger charge is -2.10. The van der Waals surface area contributed by atoms with Gasteiger partial charge in [-0.15, -0.1) is 0 Å². The number of aliphatic hydroxyl groups is 1. The van der Waals surface area contributed by atoms with E-state index in [4.69, 9.17) is 16.9 Å². The Hall–Kier alpha value is -0.580. The quantitative estimate of drug-likeness (QED) is 0.360. The highest BCUT2D eigenvalue weighted by Crippen LogP contribution is 1.96. The molecule has 1 atom stereocenters. The molecule has 0 aromatic rings. The van der Waals surface area contributed by atoms with Gasteiger partial charge in [0.15, 0.2) is 0 Å². The minimum Gasteiger partial charge on any atom is -0.460 e. The summed E-state index contributed by atoms with van der Waals surface area (Å²) >= 11 is 5.23. The summed E-state index contributed by atoms with van der Waals surface area (Å²) in [7, 11) is 0. The van der Waals surface area contributed by atoms with Gasteiger partial charge in [0.05, 0.1) is 0 Å². The molecule has 0 heterocycles. The molecule has 0 saturated heterocycles. The van der Waals surface area contributed by atoms with Gasteiger partial charge >= 0.3 is 5.97 Å². The fourth-order valence-corrected chi connectivity index (χ4v) is 0.786. The van der Waals surface area contributed by atoms with Crippen molar-refractivity contribution < 1.29 is 14.6 Å². The number of ether oxygens (including phenoxy) is 1. The Labute approximate surface area is 76.3 Å². The van der Waals surface area contributed by atoms with Gasteiger partial charge in [-0.25, -0.2) is 4.84 Å². The molecule has 0 aromatic heterocycles. The minimum atomic E-state index is -0.656. The summed E-state index contributed by atoms with van der Waals surface area (Å²) in [6.45, 7) is 3.42. The van der Waals surface area contributed by atoms with E-state index < -0.39 is 12.0 Å². The average Bonchev–Trinajstić information content (AvgIpc) is 2.10.